The number of carboxylic acid groups (broad SMARTS) is 4. The molecule has 9 nitrogen and oxygen atoms in total. The predicted molar refractivity (Wildman–Crippen MR) is 47.8 cm³/mol. The van der Waals surface area contributed by atoms with Crippen LogP contribution in [0.15, 0.2) is 0 Å². The van der Waals surface area contributed by atoms with Gasteiger partial charge in [0.15, 0.2) is 5.60 Å². The van der Waals surface area contributed by atoms with Crippen LogP contribution in [0.5, 0.6) is 0 Å². The van der Waals surface area contributed by atoms with E-state index >= 15 is 0 Å². The third kappa shape index (κ3) is 13.5. The molecule has 0 aromatic rings. The molecule has 0 fully saturated rings. The molecule has 4 N–H and O–H groups in total. The van der Waals surface area contributed by atoms with Gasteiger partial charge in [0.1, 0.15) is 0 Å². The van der Waals surface area contributed by atoms with Crippen LogP contribution in [0, 0.1) is 0 Å². The molecular formula is C8H11KO9. The number of carbonyl (C=O) groups excluding carboxylic acids is 1. The zero-order valence-corrected chi connectivity index (χ0v) is 12.9. The Morgan fingerprint density at radius 2 is 1.39 bits per heavy atom. The normalized spacial score (nSPS) is 11.9. The smallest absolute Gasteiger partial charge is 0.550 e. The first-order valence-electron chi connectivity index (χ1n) is 4.08. The maximum absolute atomic E-state index is 10.3. The van der Waals surface area contributed by atoms with Crippen molar-refractivity contribution in [2.45, 2.75) is 25.4 Å². The average Bonchev–Trinajstić information content (AvgIpc) is 1.98. The van der Waals surface area contributed by atoms with Crippen LogP contribution in [0.25, 0.3) is 0 Å². The number of carboxylic acids is 4. The first-order chi connectivity index (χ1) is 7.51. The van der Waals surface area contributed by atoms with E-state index in [1.54, 1.807) is 0 Å². The Hall–Kier alpha value is -0.524. The summed E-state index contributed by atoms with van der Waals surface area (Å²) in [6.07, 6.45) is -2.44. The Balaban J connectivity index is -0.000000392. The summed E-state index contributed by atoms with van der Waals surface area (Å²) in [6, 6.07) is 0. The molecule has 98 valence electrons. The van der Waals surface area contributed by atoms with Crippen LogP contribution >= 0.6 is 0 Å². The fourth-order valence-electron chi connectivity index (χ4n) is 0.703. The van der Waals surface area contributed by atoms with Crippen molar-refractivity contribution in [2.75, 3.05) is 0 Å². The zero-order chi connectivity index (χ0) is 14.2. The summed E-state index contributed by atoms with van der Waals surface area (Å²) in [7, 11) is 0. The van der Waals surface area contributed by atoms with E-state index in [0.717, 1.165) is 6.92 Å². The summed E-state index contributed by atoms with van der Waals surface area (Å²) in [4.78, 5) is 39.3. The van der Waals surface area contributed by atoms with Gasteiger partial charge < -0.3 is 30.3 Å². The summed E-state index contributed by atoms with van der Waals surface area (Å²) in [6.45, 7) is 1.08. The second-order valence-electron chi connectivity index (χ2n) is 2.98. The van der Waals surface area contributed by atoms with Crippen LogP contribution in [0.4, 0.5) is 0 Å². The molecule has 10 heteroatoms. The molecule has 0 bridgehead atoms. The molecule has 0 aliphatic carbocycles. The van der Waals surface area contributed by atoms with Gasteiger partial charge in [-0.25, -0.2) is 4.79 Å². The predicted octanol–water partition coefficient (Wildman–Crippen LogP) is -5.49. The minimum Gasteiger partial charge on any atom is -0.550 e. The molecule has 0 saturated heterocycles. The molecule has 0 heterocycles. The van der Waals surface area contributed by atoms with Gasteiger partial charge in [-0.15, -0.1) is 0 Å². The van der Waals surface area contributed by atoms with Crippen LogP contribution in [0.2, 0.25) is 0 Å². The number of rotatable bonds is 5. The van der Waals surface area contributed by atoms with E-state index in [2.05, 4.69) is 0 Å². The largest absolute Gasteiger partial charge is 1.00 e. The third-order valence-electron chi connectivity index (χ3n) is 1.28. The van der Waals surface area contributed by atoms with E-state index in [1.807, 2.05) is 0 Å². The molecule has 0 rings (SSSR count). The van der Waals surface area contributed by atoms with Gasteiger partial charge in [0.2, 0.25) is 0 Å². The molecule has 0 amide bonds. The quantitative estimate of drug-likeness (QED) is 0.360. The number of carbonyl (C=O) groups is 4. The Kier molecular flexibility index (Phi) is 13.1. The second-order valence-corrected chi connectivity index (χ2v) is 2.98. The van der Waals surface area contributed by atoms with Crippen LogP contribution < -0.4 is 56.5 Å². The second kappa shape index (κ2) is 10.4. The summed E-state index contributed by atoms with van der Waals surface area (Å²) in [5.41, 5.74) is -2.80. The van der Waals surface area contributed by atoms with Gasteiger partial charge in [-0.1, -0.05) is 0 Å². The van der Waals surface area contributed by atoms with Crippen molar-refractivity contribution in [1.82, 2.24) is 0 Å². The number of hydrogen-bond acceptors (Lipinski definition) is 6. The fraction of sp³-hybridized carbons (Fsp3) is 0.500. The maximum atomic E-state index is 10.3. The van der Waals surface area contributed by atoms with Gasteiger partial charge in [0.05, 0.1) is 6.42 Å². The standard InChI is InChI=1S/C6H8O7.C2H4O2.K/c7-3(8)1-6(13,5(11)12)2-4(9)10;1-2(3)4;/h13H,1-2H2,(H,7,8)(H,9,10)(H,11,12);1H3,(H,3,4);/q;;+1/p-1. The molecule has 1 atom stereocenters. The Bertz CT molecular complexity index is 305. The number of aliphatic hydroxyl groups is 1. The molecule has 0 aromatic heterocycles. The molecular weight excluding hydrogens is 279 g/mol. The Morgan fingerprint density at radius 1 is 1.06 bits per heavy atom. The summed E-state index contributed by atoms with van der Waals surface area (Å²) < 4.78 is 0. The molecule has 0 saturated carbocycles. The molecule has 1 unspecified atom stereocenters. The Morgan fingerprint density at radius 3 is 1.56 bits per heavy atom. The van der Waals surface area contributed by atoms with E-state index in [4.69, 9.17) is 25.2 Å². The number of aliphatic carboxylic acids is 4. The van der Waals surface area contributed by atoms with Crippen molar-refractivity contribution in [1.29, 1.82) is 0 Å². The van der Waals surface area contributed by atoms with Gasteiger partial charge in [-0.3, -0.25) is 9.59 Å². The van der Waals surface area contributed by atoms with Crippen molar-refractivity contribution < 1.29 is 96.1 Å². The van der Waals surface area contributed by atoms with Crippen molar-refractivity contribution in [3.63, 3.8) is 0 Å². The van der Waals surface area contributed by atoms with Crippen LogP contribution in [-0.4, -0.2) is 49.9 Å². The minimum atomic E-state index is -2.80. The minimum absolute atomic E-state index is 0. The van der Waals surface area contributed by atoms with E-state index in [-0.39, 0.29) is 51.4 Å². The third-order valence-corrected chi connectivity index (χ3v) is 1.28. The average molecular weight is 290 g/mol. The molecule has 18 heavy (non-hydrogen) atoms. The molecule has 0 aromatic carbocycles. The van der Waals surface area contributed by atoms with E-state index in [9.17, 15) is 19.5 Å². The van der Waals surface area contributed by atoms with Gasteiger partial charge in [0, 0.05) is 19.3 Å². The SMILES string of the molecule is CC(=O)O.O=C([O-])CC(O)(CC(=O)O)C(=O)O.[K+]. The van der Waals surface area contributed by atoms with E-state index < -0.39 is 42.3 Å². The van der Waals surface area contributed by atoms with Gasteiger partial charge in [0.25, 0.3) is 5.97 Å². The van der Waals surface area contributed by atoms with Crippen LogP contribution in [0.1, 0.15) is 19.8 Å². The van der Waals surface area contributed by atoms with Gasteiger partial charge in [-0.05, 0) is 0 Å². The van der Waals surface area contributed by atoms with Crippen molar-refractivity contribution in [3.05, 3.63) is 0 Å². The van der Waals surface area contributed by atoms with Crippen molar-refractivity contribution in [3.8, 4) is 0 Å². The summed E-state index contributed by atoms with van der Waals surface area (Å²) >= 11 is 0. The molecule has 0 aliphatic heterocycles. The topological polar surface area (TPSA) is 172 Å². The summed E-state index contributed by atoms with van der Waals surface area (Å²) in [5, 5.41) is 42.9. The first-order valence-corrected chi connectivity index (χ1v) is 4.08. The van der Waals surface area contributed by atoms with Gasteiger partial charge >= 0.3 is 63.3 Å². The van der Waals surface area contributed by atoms with Crippen LogP contribution in [-0.2, 0) is 19.2 Å². The maximum Gasteiger partial charge on any atom is 1.00 e. The number of hydrogen-bond donors (Lipinski definition) is 4. The van der Waals surface area contributed by atoms with E-state index in [1.165, 1.54) is 0 Å². The van der Waals surface area contributed by atoms with E-state index in [0.29, 0.717) is 0 Å². The Labute approximate surface area is 144 Å². The molecule has 0 radical (unpaired) electrons. The van der Waals surface area contributed by atoms with Crippen molar-refractivity contribution in [2.24, 2.45) is 0 Å². The molecule has 0 spiro atoms. The van der Waals surface area contributed by atoms with Crippen molar-refractivity contribution >= 4 is 23.9 Å². The first kappa shape index (κ1) is 22.6. The fourth-order valence-corrected chi connectivity index (χ4v) is 0.703. The summed E-state index contributed by atoms with van der Waals surface area (Å²) in [5.74, 6) is -6.17. The zero-order valence-electron chi connectivity index (χ0n) is 9.74. The van der Waals surface area contributed by atoms with Crippen LogP contribution in [0.3, 0.4) is 0 Å². The monoisotopic (exact) mass is 290 g/mol. The van der Waals surface area contributed by atoms with Gasteiger partial charge in [-0.2, -0.15) is 0 Å². The molecule has 0 aliphatic rings.